The third kappa shape index (κ3) is 69.8. The molecule has 0 amide bonds. The van der Waals surface area contributed by atoms with Crippen LogP contribution >= 0.6 is 0 Å². The number of esters is 2. The molecule has 9 nitrogen and oxygen atoms in total. The lowest BCUT2D eigenvalue weighted by Crippen LogP contribution is -2.44. The number of allylic oxidation sites excluding steroid dienone is 14. The molecular weight excluding hydrogens is 1080 g/mol. The number of carboxylic acids is 1. The lowest BCUT2D eigenvalue weighted by Gasteiger charge is -2.26. The van der Waals surface area contributed by atoms with Gasteiger partial charge < -0.3 is 33.3 Å². The molecular formula is C78H139NO8. The third-order valence-electron chi connectivity index (χ3n) is 16.1. The third-order valence-corrected chi connectivity index (χ3v) is 16.1. The Labute approximate surface area is 538 Å². The summed E-state index contributed by atoms with van der Waals surface area (Å²) in [6, 6.07) is 0. The number of ether oxygens (including phenoxy) is 4. The zero-order valence-corrected chi connectivity index (χ0v) is 57.6. The van der Waals surface area contributed by atoms with E-state index in [1.807, 2.05) is 21.1 Å². The summed E-state index contributed by atoms with van der Waals surface area (Å²) >= 11 is 0. The van der Waals surface area contributed by atoms with Crippen molar-refractivity contribution in [2.75, 3.05) is 47.5 Å². The lowest BCUT2D eigenvalue weighted by atomic mass is 10.0. The van der Waals surface area contributed by atoms with Gasteiger partial charge in [-0.3, -0.25) is 9.59 Å². The molecule has 0 aliphatic carbocycles. The molecule has 0 aliphatic rings. The number of hydrogen-bond acceptors (Lipinski definition) is 8. The molecule has 0 saturated carbocycles. The SMILES string of the molecule is CC/C=C\C/C=C\C/C=C\C/C=C\C/C=C\C/C=C\CCCCCCCCCCCCCCCCCCCCC(=O)OC(COC(=O)CCCCCCCCCCCCCCC/C=C\CCCCCCCCCC)COC(OCC[N+](C)(C)C)C(=O)[O-]. The first-order chi connectivity index (χ1) is 42.6. The van der Waals surface area contributed by atoms with Crippen molar-refractivity contribution in [3.63, 3.8) is 0 Å². The van der Waals surface area contributed by atoms with Gasteiger partial charge in [-0.1, -0.05) is 317 Å². The molecule has 504 valence electrons. The van der Waals surface area contributed by atoms with Gasteiger partial charge in [0.2, 0.25) is 0 Å². The first-order valence-electron chi connectivity index (χ1n) is 36.7. The van der Waals surface area contributed by atoms with E-state index in [0.717, 1.165) is 70.6 Å². The average Bonchev–Trinajstić information content (AvgIpc) is 3.57. The summed E-state index contributed by atoms with van der Waals surface area (Å²) in [5.41, 5.74) is 0. The van der Waals surface area contributed by atoms with Crippen LogP contribution in [-0.4, -0.2) is 82.3 Å². The molecule has 2 atom stereocenters. The molecule has 0 rings (SSSR count). The summed E-state index contributed by atoms with van der Waals surface area (Å²) in [7, 11) is 5.94. The minimum atomic E-state index is -1.62. The maximum absolute atomic E-state index is 12.9. The topological polar surface area (TPSA) is 111 Å². The average molecular weight is 1220 g/mol. The normalized spacial score (nSPS) is 13.2. The van der Waals surface area contributed by atoms with Gasteiger partial charge in [0.25, 0.3) is 0 Å². The number of aliphatic carboxylic acids is 1. The minimum Gasteiger partial charge on any atom is -0.545 e. The summed E-state index contributed by atoms with van der Waals surface area (Å²) < 4.78 is 22.8. The number of carboxylic acid groups (broad SMARTS) is 1. The molecule has 0 spiro atoms. The predicted octanol–water partition coefficient (Wildman–Crippen LogP) is 21.7. The first-order valence-corrected chi connectivity index (χ1v) is 36.7. The second-order valence-electron chi connectivity index (χ2n) is 25.9. The molecule has 87 heavy (non-hydrogen) atoms. The molecule has 0 fully saturated rings. The van der Waals surface area contributed by atoms with E-state index >= 15 is 0 Å². The molecule has 0 saturated heterocycles. The number of carbonyl (C=O) groups excluding carboxylic acids is 3. The van der Waals surface area contributed by atoms with E-state index in [9.17, 15) is 19.5 Å². The van der Waals surface area contributed by atoms with Crippen molar-refractivity contribution in [1.82, 2.24) is 0 Å². The van der Waals surface area contributed by atoms with Crippen molar-refractivity contribution in [2.24, 2.45) is 0 Å². The second kappa shape index (κ2) is 68.4. The standard InChI is InChI=1S/C78H139NO8/c1-6-8-10-12-14-16-18-20-22-24-26-28-30-32-33-34-35-36-37-38-39-40-41-42-43-45-47-49-51-53-55-57-59-61-63-65-67-69-76(81)87-74(73-86-78(77(82)83)84-71-70-79(3,4)5)72-85-75(80)68-66-64-62-60-58-56-54-52-50-48-46-44-31-29-27-25-23-21-19-17-15-13-11-9-7-2/h8,10,14,16,20,22,25-28,32-33,35-36,74,78H,6-7,9,11-13,15,17-19,21,23-24,29-31,34,37-73H2,1-5H3/b10-8-,16-14-,22-20-,27-25-,28-26-,33-32-,36-35-. The van der Waals surface area contributed by atoms with Gasteiger partial charge in [-0.15, -0.1) is 0 Å². The summed E-state index contributed by atoms with van der Waals surface area (Å²) in [6.07, 6.45) is 89.6. The Bertz CT molecular complexity index is 1700. The van der Waals surface area contributed by atoms with Crippen LogP contribution in [-0.2, 0) is 33.3 Å². The van der Waals surface area contributed by atoms with Crippen LogP contribution < -0.4 is 5.11 Å². The maximum atomic E-state index is 12.9. The quantitative estimate of drug-likeness (QED) is 0.0195. The van der Waals surface area contributed by atoms with Gasteiger partial charge in [0.15, 0.2) is 12.4 Å². The number of quaternary nitrogens is 1. The molecule has 0 aromatic heterocycles. The van der Waals surface area contributed by atoms with Crippen molar-refractivity contribution in [3.05, 3.63) is 85.1 Å². The van der Waals surface area contributed by atoms with Crippen LogP contribution in [0.4, 0.5) is 0 Å². The van der Waals surface area contributed by atoms with Crippen molar-refractivity contribution in [1.29, 1.82) is 0 Å². The number of nitrogens with zero attached hydrogens (tertiary/aromatic N) is 1. The van der Waals surface area contributed by atoms with Crippen molar-refractivity contribution in [2.45, 2.75) is 347 Å². The van der Waals surface area contributed by atoms with Crippen molar-refractivity contribution in [3.8, 4) is 0 Å². The molecule has 0 bridgehead atoms. The Balaban J connectivity index is 4.05. The number of hydrogen-bond donors (Lipinski definition) is 0. The van der Waals surface area contributed by atoms with Gasteiger partial charge >= 0.3 is 11.9 Å². The Kier molecular flexibility index (Phi) is 65.6. The van der Waals surface area contributed by atoms with Crippen LogP contribution in [0.25, 0.3) is 0 Å². The van der Waals surface area contributed by atoms with E-state index in [-0.39, 0.29) is 32.2 Å². The van der Waals surface area contributed by atoms with E-state index in [2.05, 4.69) is 98.9 Å². The van der Waals surface area contributed by atoms with Gasteiger partial charge in [-0.05, 0) is 89.9 Å². The molecule has 0 aromatic rings. The van der Waals surface area contributed by atoms with Crippen LogP contribution in [0.1, 0.15) is 335 Å². The highest BCUT2D eigenvalue weighted by atomic mass is 16.7. The second-order valence-corrected chi connectivity index (χ2v) is 25.9. The van der Waals surface area contributed by atoms with Crippen LogP contribution in [0.3, 0.4) is 0 Å². The smallest absolute Gasteiger partial charge is 0.306 e. The van der Waals surface area contributed by atoms with Crippen LogP contribution in [0.15, 0.2) is 85.1 Å². The van der Waals surface area contributed by atoms with Gasteiger partial charge in [0.05, 0.1) is 40.3 Å². The van der Waals surface area contributed by atoms with Crippen molar-refractivity contribution >= 4 is 17.9 Å². The summed E-state index contributed by atoms with van der Waals surface area (Å²) in [6.45, 7) is 4.68. The van der Waals surface area contributed by atoms with Crippen LogP contribution in [0, 0.1) is 0 Å². The number of carbonyl (C=O) groups is 3. The molecule has 0 heterocycles. The number of unbranched alkanes of at least 4 members (excludes halogenated alkanes) is 39. The molecule has 0 radical (unpaired) electrons. The van der Waals surface area contributed by atoms with Crippen molar-refractivity contribution < 1.29 is 42.9 Å². The molecule has 9 heteroatoms. The first kappa shape index (κ1) is 83.5. The van der Waals surface area contributed by atoms with Gasteiger partial charge in [0.1, 0.15) is 13.2 Å². The van der Waals surface area contributed by atoms with Gasteiger partial charge in [-0.2, -0.15) is 0 Å². The molecule has 0 aliphatic heterocycles. The Morgan fingerprint density at radius 1 is 0.356 bits per heavy atom. The van der Waals surface area contributed by atoms with E-state index in [1.54, 1.807) is 0 Å². The Morgan fingerprint density at radius 2 is 0.655 bits per heavy atom. The highest BCUT2D eigenvalue weighted by Crippen LogP contribution is 2.18. The van der Waals surface area contributed by atoms with E-state index in [1.165, 1.54) is 231 Å². The predicted molar refractivity (Wildman–Crippen MR) is 371 cm³/mol. The fourth-order valence-corrected chi connectivity index (χ4v) is 10.5. The summed E-state index contributed by atoms with van der Waals surface area (Å²) in [5.74, 6) is -2.26. The maximum Gasteiger partial charge on any atom is 0.306 e. The van der Waals surface area contributed by atoms with E-state index < -0.39 is 24.3 Å². The highest BCUT2D eigenvalue weighted by molar-refractivity contribution is 5.70. The largest absolute Gasteiger partial charge is 0.545 e. The Hall–Kier alpha value is -3.53. The molecule has 2 unspecified atom stereocenters. The lowest BCUT2D eigenvalue weighted by molar-refractivity contribution is -0.870. The highest BCUT2D eigenvalue weighted by Gasteiger charge is 2.22. The van der Waals surface area contributed by atoms with Gasteiger partial charge in [-0.25, -0.2) is 0 Å². The molecule has 0 N–H and O–H groups in total. The fraction of sp³-hybridized carbons (Fsp3) is 0.782. The monoisotopic (exact) mass is 1220 g/mol. The molecule has 0 aromatic carbocycles. The fourth-order valence-electron chi connectivity index (χ4n) is 10.5. The number of rotatable bonds is 68. The summed E-state index contributed by atoms with van der Waals surface area (Å²) in [5, 5.41) is 11.8. The zero-order valence-electron chi connectivity index (χ0n) is 57.6. The zero-order chi connectivity index (χ0) is 63.3. The van der Waals surface area contributed by atoms with Crippen LogP contribution in [0.2, 0.25) is 0 Å². The minimum absolute atomic E-state index is 0.148. The van der Waals surface area contributed by atoms with E-state index in [4.69, 9.17) is 18.9 Å². The number of likely N-dealkylation sites (N-methyl/N-ethyl adjacent to an activating group) is 1. The Morgan fingerprint density at radius 3 is 0.989 bits per heavy atom. The van der Waals surface area contributed by atoms with Crippen LogP contribution in [0.5, 0.6) is 0 Å². The summed E-state index contributed by atoms with van der Waals surface area (Å²) in [4.78, 5) is 37.5. The van der Waals surface area contributed by atoms with Gasteiger partial charge in [0, 0.05) is 12.8 Å². The van der Waals surface area contributed by atoms with E-state index in [0.29, 0.717) is 23.9 Å².